The number of benzene rings is 1. The molecule has 1 aromatic carbocycles. The molecule has 7 nitrogen and oxygen atoms in total. The Morgan fingerprint density at radius 1 is 1.30 bits per heavy atom. The summed E-state index contributed by atoms with van der Waals surface area (Å²) in [6, 6.07) is 4.78. The number of carbonyl (C=O) groups excluding carboxylic acids is 1. The van der Waals surface area contributed by atoms with Crippen LogP contribution in [0.25, 0.3) is 0 Å². The molecule has 0 saturated heterocycles. The number of hydrogen-bond acceptors (Lipinski definition) is 5. The van der Waals surface area contributed by atoms with Gasteiger partial charge in [-0.3, -0.25) is 14.2 Å². The Kier molecular flexibility index (Phi) is 6.00. The summed E-state index contributed by atoms with van der Waals surface area (Å²) in [4.78, 5) is 36.7. The van der Waals surface area contributed by atoms with Crippen LogP contribution in [0.1, 0.15) is 32.0 Å². The van der Waals surface area contributed by atoms with E-state index in [2.05, 4.69) is 5.10 Å². The molecule has 0 unspecified atom stereocenters. The summed E-state index contributed by atoms with van der Waals surface area (Å²) >= 11 is 5.94. The van der Waals surface area contributed by atoms with E-state index in [1.807, 2.05) is 0 Å². The fraction of sp³-hybridized carbons (Fsp3) is 0.333. The third-order valence-electron chi connectivity index (χ3n) is 3.36. The molecule has 2 aromatic rings. The minimum Gasteiger partial charge on any atom is -0.459 e. The van der Waals surface area contributed by atoms with Gasteiger partial charge in [-0.1, -0.05) is 11.6 Å². The second kappa shape index (κ2) is 7.87. The molecule has 1 aromatic heterocycles. The van der Waals surface area contributed by atoms with Crippen LogP contribution in [0.4, 0.5) is 4.39 Å². The van der Waals surface area contributed by atoms with Crippen molar-refractivity contribution in [1.29, 1.82) is 0 Å². The van der Waals surface area contributed by atoms with Crippen molar-refractivity contribution in [3.05, 3.63) is 67.2 Å². The molecule has 0 aliphatic carbocycles. The number of ether oxygens (including phenoxy) is 1. The molecule has 27 heavy (non-hydrogen) atoms. The van der Waals surface area contributed by atoms with Crippen molar-refractivity contribution < 1.29 is 13.9 Å². The van der Waals surface area contributed by atoms with Crippen molar-refractivity contribution in [2.45, 2.75) is 39.8 Å². The van der Waals surface area contributed by atoms with E-state index >= 15 is 0 Å². The predicted octanol–water partition coefficient (Wildman–Crippen LogP) is 2.33. The van der Waals surface area contributed by atoms with Crippen LogP contribution in [0.15, 0.2) is 39.0 Å². The van der Waals surface area contributed by atoms with Gasteiger partial charge in [0.25, 0.3) is 5.56 Å². The van der Waals surface area contributed by atoms with Crippen molar-refractivity contribution in [1.82, 2.24) is 9.24 Å². The summed E-state index contributed by atoms with van der Waals surface area (Å²) in [7, 11) is 0. The smallest absolute Gasteiger partial charge is 0.352 e. The first-order valence-electron chi connectivity index (χ1n) is 8.03. The van der Waals surface area contributed by atoms with Gasteiger partial charge in [0.15, 0.2) is 0 Å². The standard InChI is InChI=1S/C18H19ClFN3O4/c1-11-7-15(24)23(21-9-12-8-13(20)5-6-14(12)19)17(26)22(11)10-16(25)27-18(2,3)4/h5-9H,10H2,1-4H3. The van der Waals surface area contributed by atoms with Gasteiger partial charge in [-0.25, -0.2) is 9.18 Å². The van der Waals surface area contributed by atoms with Gasteiger partial charge in [0, 0.05) is 22.3 Å². The van der Waals surface area contributed by atoms with E-state index in [9.17, 15) is 18.8 Å². The Labute approximate surface area is 159 Å². The molecule has 2 rings (SSSR count). The average molecular weight is 396 g/mol. The lowest BCUT2D eigenvalue weighted by molar-refractivity contribution is -0.155. The molecule has 0 atom stereocenters. The van der Waals surface area contributed by atoms with Crippen molar-refractivity contribution >= 4 is 23.8 Å². The van der Waals surface area contributed by atoms with Crippen LogP contribution in [0.3, 0.4) is 0 Å². The molecule has 0 fully saturated rings. The molecule has 0 bridgehead atoms. The highest BCUT2D eigenvalue weighted by Crippen LogP contribution is 2.14. The SMILES string of the molecule is Cc1cc(=O)n(N=Cc2cc(F)ccc2Cl)c(=O)n1CC(=O)OC(C)(C)C. The fourth-order valence-electron chi connectivity index (χ4n) is 2.21. The van der Waals surface area contributed by atoms with Crippen LogP contribution < -0.4 is 11.2 Å². The van der Waals surface area contributed by atoms with Crippen LogP contribution in [-0.2, 0) is 16.1 Å². The fourth-order valence-corrected chi connectivity index (χ4v) is 2.38. The van der Waals surface area contributed by atoms with Gasteiger partial charge in [0.05, 0.1) is 6.21 Å². The molecule has 0 amide bonds. The molecular formula is C18H19ClFN3O4. The molecule has 0 aliphatic rings. The summed E-state index contributed by atoms with van der Waals surface area (Å²) in [5, 5.41) is 4.01. The van der Waals surface area contributed by atoms with Gasteiger partial charge in [0.2, 0.25) is 0 Å². The predicted molar refractivity (Wildman–Crippen MR) is 99.9 cm³/mol. The third-order valence-corrected chi connectivity index (χ3v) is 3.70. The maximum atomic E-state index is 13.3. The van der Waals surface area contributed by atoms with Crippen LogP contribution in [0.2, 0.25) is 5.02 Å². The molecule has 0 radical (unpaired) electrons. The van der Waals surface area contributed by atoms with Crippen LogP contribution in [0, 0.1) is 12.7 Å². The lowest BCUT2D eigenvalue weighted by Gasteiger charge is -2.20. The Balaban J connectivity index is 2.42. The average Bonchev–Trinajstić information content (AvgIpc) is 2.52. The van der Waals surface area contributed by atoms with Gasteiger partial charge >= 0.3 is 11.7 Å². The quantitative estimate of drug-likeness (QED) is 0.587. The first-order chi connectivity index (χ1) is 12.5. The van der Waals surface area contributed by atoms with Crippen LogP contribution >= 0.6 is 11.6 Å². The maximum Gasteiger partial charge on any atom is 0.352 e. The topological polar surface area (TPSA) is 82.7 Å². The summed E-state index contributed by atoms with van der Waals surface area (Å²) in [5.74, 6) is -1.17. The molecule has 9 heteroatoms. The van der Waals surface area contributed by atoms with Crippen molar-refractivity contribution in [3.8, 4) is 0 Å². The molecule has 0 spiro atoms. The van der Waals surface area contributed by atoms with E-state index in [4.69, 9.17) is 16.3 Å². The Hall–Kier alpha value is -2.74. The van der Waals surface area contributed by atoms with Crippen molar-refractivity contribution in [3.63, 3.8) is 0 Å². The first kappa shape index (κ1) is 20.6. The maximum absolute atomic E-state index is 13.3. The Morgan fingerprint density at radius 2 is 1.96 bits per heavy atom. The highest BCUT2D eigenvalue weighted by Gasteiger charge is 2.19. The van der Waals surface area contributed by atoms with E-state index < -0.39 is 28.6 Å². The van der Waals surface area contributed by atoms with E-state index in [1.165, 1.54) is 19.1 Å². The Morgan fingerprint density at radius 3 is 2.59 bits per heavy atom. The number of nitrogens with zero attached hydrogens (tertiary/aromatic N) is 3. The van der Waals surface area contributed by atoms with E-state index in [1.54, 1.807) is 20.8 Å². The number of aromatic nitrogens is 2. The van der Waals surface area contributed by atoms with Crippen molar-refractivity contribution in [2.75, 3.05) is 0 Å². The number of aryl methyl sites for hydroxylation is 1. The summed E-state index contributed by atoms with van der Waals surface area (Å²) in [6.07, 6.45) is 1.10. The van der Waals surface area contributed by atoms with Crippen LogP contribution in [0.5, 0.6) is 0 Å². The zero-order valence-electron chi connectivity index (χ0n) is 15.3. The Bertz CT molecular complexity index is 1020. The summed E-state index contributed by atoms with van der Waals surface area (Å²) < 4.78 is 20.2. The first-order valence-corrected chi connectivity index (χ1v) is 8.40. The van der Waals surface area contributed by atoms with E-state index in [0.717, 1.165) is 22.9 Å². The number of carbonyl (C=O) groups is 1. The summed E-state index contributed by atoms with van der Waals surface area (Å²) in [5.41, 5.74) is -1.75. The van der Waals surface area contributed by atoms with Crippen molar-refractivity contribution in [2.24, 2.45) is 5.10 Å². The highest BCUT2D eigenvalue weighted by atomic mass is 35.5. The highest BCUT2D eigenvalue weighted by molar-refractivity contribution is 6.33. The van der Waals surface area contributed by atoms with Gasteiger partial charge in [-0.05, 0) is 45.9 Å². The second-order valence-electron chi connectivity index (χ2n) is 6.80. The molecule has 0 saturated carbocycles. The van der Waals surface area contributed by atoms with Crippen LogP contribution in [-0.4, -0.2) is 27.0 Å². The minimum atomic E-state index is -0.824. The molecule has 0 N–H and O–H groups in total. The number of hydrogen-bond donors (Lipinski definition) is 0. The van der Waals surface area contributed by atoms with E-state index in [-0.39, 0.29) is 22.8 Å². The lowest BCUT2D eigenvalue weighted by Crippen LogP contribution is -2.40. The van der Waals surface area contributed by atoms with Gasteiger partial charge < -0.3 is 4.74 Å². The lowest BCUT2D eigenvalue weighted by atomic mass is 10.2. The second-order valence-corrected chi connectivity index (χ2v) is 7.21. The molecular weight excluding hydrogens is 377 g/mol. The normalized spacial score (nSPS) is 11.8. The molecule has 0 aliphatic heterocycles. The zero-order valence-corrected chi connectivity index (χ0v) is 16.1. The monoisotopic (exact) mass is 395 g/mol. The van der Waals surface area contributed by atoms with Gasteiger partial charge in [-0.2, -0.15) is 5.10 Å². The minimum absolute atomic E-state index is 0.197. The zero-order chi connectivity index (χ0) is 20.4. The van der Waals surface area contributed by atoms with E-state index in [0.29, 0.717) is 4.68 Å². The third kappa shape index (κ3) is 5.37. The summed E-state index contributed by atoms with van der Waals surface area (Å²) in [6.45, 7) is 6.25. The number of rotatable bonds is 4. The van der Waals surface area contributed by atoms with Gasteiger partial charge in [-0.15, -0.1) is 4.68 Å². The largest absolute Gasteiger partial charge is 0.459 e. The molecule has 144 valence electrons. The number of halogens is 2. The number of esters is 1. The molecule has 1 heterocycles. The van der Waals surface area contributed by atoms with Gasteiger partial charge in [0.1, 0.15) is 18.0 Å².